The quantitative estimate of drug-likeness (QED) is 0.676. The number of fused-ring (bicyclic) bond motifs is 1. The van der Waals surface area contributed by atoms with E-state index in [2.05, 4.69) is 17.3 Å². The summed E-state index contributed by atoms with van der Waals surface area (Å²) in [6.07, 6.45) is 2.32. The van der Waals surface area contributed by atoms with Crippen molar-refractivity contribution >= 4 is 11.4 Å². The summed E-state index contributed by atoms with van der Waals surface area (Å²) >= 11 is 0. The van der Waals surface area contributed by atoms with Crippen LogP contribution < -0.4 is 14.8 Å². The third-order valence-electron chi connectivity index (χ3n) is 3.99. The van der Waals surface area contributed by atoms with Crippen LogP contribution in [0.3, 0.4) is 0 Å². The third kappa shape index (κ3) is 3.02. The van der Waals surface area contributed by atoms with Crippen LogP contribution >= 0.6 is 0 Å². The molecule has 0 radical (unpaired) electrons. The van der Waals surface area contributed by atoms with Crippen molar-refractivity contribution in [1.82, 2.24) is 4.90 Å². The molecule has 1 aromatic rings. The van der Waals surface area contributed by atoms with Crippen molar-refractivity contribution in [2.24, 2.45) is 5.92 Å². The van der Waals surface area contributed by atoms with Crippen LogP contribution in [0.5, 0.6) is 11.5 Å². The van der Waals surface area contributed by atoms with Crippen molar-refractivity contribution < 1.29 is 14.4 Å². The largest absolute Gasteiger partial charge is 0.454 e. The summed E-state index contributed by atoms with van der Waals surface area (Å²) in [6.45, 7) is 2.99. The summed E-state index contributed by atoms with van der Waals surface area (Å²) in [6, 6.07) is 3.09. The number of hydrogen-bond donors (Lipinski definition) is 1. The fourth-order valence-corrected chi connectivity index (χ4v) is 2.92. The van der Waals surface area contributed by atoms with E-state index >= 15 is 0 Å². The van der Waals surface area contributed by atoms with Crippen molar-refractivity contribution in [3.63, 3.8) is 0 Å². The zero-order valence-corrected chi connectivity index (χ0v) is 12.0. The first-order valence-electron chi connectivity index (χ1n) is 7.14. The highest BCUT2D eigenvalue weighted by molar-refractivity contribution is 5.69. The predicted octanol–water partition coefficient (Wildman–Crippen LogP) is 2.08. The molecule has 0 aliphatic carbocycles. The molecule has 0 amide bonds. The molecule has 7 heteroatoms. The lowest BCUT2D eigenvalue weighted by Crippen LogP contribution is -2.35. The highest BCUT2D eigenvalue weighted by Gasteiger charge is 2.24. The van der Waals surface area contributed by atoms with E-state index in [0.29, 0.717) is 23.1 Å². The zero-order chi connectivity index (χ0) is 14.8. The molecule has 2 aliphatic rings. The van der Waals surface area contributed by atoms with E-state index < -0.39 is 4.92 Å². The number of nitro benzene ring substituents is 1. The van der Waals surface area contributed by atoms with Crippen LogP contribution in [-0.2, 0) is 0 Å². The Balaban J connectivity index is 1.73. The van der Waals surface area contributed by atoms with E-state index in [-0.39, 0.29) is 12.5 Å². The summed E-state index contributed by atoms with van der Waals surface area (Å²) in [5.74, 6) is 1.50. The number of likely N-dealkylation sites (tertiary alicyclic amines) is 1. The average Bonchev–Trinajstić information content (AvgIpc) is 2.91. The number of rotatable bonds is 4. The maximum Gasteiger partial charge on any atom is 0.296 e. The fraction of sp³-hybridized carbons (Fsp3) is 0.571. The Morgan fingerprint density at radius 1 is 1.43 bits per heavy atom. The Morgan fingerprint density at radius 3 is 2.90 bits per heavy atom. The average molecular weight is 293 g/mol. The molecule has 0 spiro atoms. The van der Waals surface area contributed by atoms with E-state index in [9.17, 15) is 10.1 Å². The fourth-order valence-electron chi connectivity index (χ4n) is 2.92. The highest BCUT2D eigenvalue weighted by atomic mass is 16.7. The maximum absolute atomic E-state index is 11.2. The molecule has 2 aliphatic heterocycles. The molecule has 1 unspecified atom stereocenters. The van der Waals surface area contributed by atoms with E-state index in [1.165, 1.54) is 12.5 Å². The van der Waals surface area contributed by atoms with Crippen LogP contribution in [-0.4, -0.2) is 43.3 Å². The van der Waals surface area contributed by atoms with Crippen LogP contribution in [0.2, 0.25) is 0 Å². The van der Waals surface area contributed by atoms with Gasteiger partial charge in [0.15, 0.2) is 11.5 Å². The Bertz CT molecular complexity index is 549. The molecule has 114 valence electrons. The van der Waals surface area contributed by atoms with Gasteiger partial charge in [0.2, 0.25) is 6.79 Å². The number of benzene rings is 1. The van der Waals surface area contributed by atoms with Gasteiger partial charge in [0, 0.05) is 19.2 Å². The van der Waals surface area contributed by atoms with Crippen molar-refractivity contribution in [2.75, 3.05) is 38.8 Å². The van der Waals surface area contributed by atoms with Crippen LogP contribution in [0, 0.1) is 16.0 Å². The topological polar surface area (TPSA) is 76.9 Å². The van der Waals surface area contributed by atoms with Gasteiger partial charge in [-0.05, 0) is 32.4 Å². The lowest BCUT2D eigenvalue weighted by Gasteiger charge is -2.29. The Morgan fingerprint density at radius 2 is 2.19 bits per heavy atom. The van der Waals surface area contributed by atoms with Crippen molar-refractivity contribution in [3.8, 4) is 11.5 Å². The molecular formula is C14H19N3O4. The summed E-state index contributed by atoms with van der Waals surface area (Å²) in [5.41, 5.74) is 0.529. The molecule has 7 nitrogen and oxygen atoms in total. The monoisotopic (exact) mass is 293 g/mol. The first kappa shape index (κ1) is 13.9. The van der Waals surface area contributed by atoms with Gasteiger partial charge in [-0.3, -0.25) is 10.1 Å². The minimum Gasteiger partial charge on any atom is -0.454 e. The number of nitrogens with zero attached hydrogens (tertiary/aromatic N) is 2. The third-order valence-corrected chi connectivity index (χ3v) is 3.99. The van der Waals surface area contributed by atoms with Crippen LogP contribution in [0.4, 0.5) is 11.4 Å². The number of nitrogens with one attached hydrogen (secondary N) is 1. The SMILES string of the molecule is CN1CCCC(CNc2cc3c(cc2[N+](=O)[O-])OCO3)C1. The molecule has 0 aromatic heterocycles. The number of hydrogen-bond acceptors (Lipinski definition) is 6. The highest BCUT2D eigenvalue weighted by Crippen LogP contribution is 2.40. The molecule has 3 rings (SSSR count). The number of ether oxygens (including phenoxy) is 2. The Labute approximate surface area is 123 Å². The lowest BCUT2D eigenvalue weighted by molar-refractivity contribution is -0.384. The molecule has 1 fully saturated rings. The molecule has 0 saturated carbocycles. The maximum atomic E-state index is 11.2. The molecule has 1 aromatic carbocycles. The predicted molar refractivity (Wildman–Crippen MR) is 77.9 cm³/mol. The molecule has 1 atom stereocenters. The molecule has 1 N–H and O–H groups in total. The summed E-state index contributed by atoms with van der Waals surface area (Å²) in [7, 11) is 2.11. The normalized spacial score (nSPS) is 21.3. The molecule has 0 bridgehead atoms. The van der Waals surface area contributed by atoms with Crippen LogP contribution in [0.1, 0.15) is 12.8 Å². The second kappa shape index (κ2) is 5.77. The minimum absolute atomic E-state index is 0.0309. The molecular weight excluding hydrogens is 274 g/mol. The van der Waals surface area contributed by atoms with Crippen LogP contribution in [0.25, 0.3) is 0 Å². The van der Waals surface area contributed by atoms with E-state index in [0.717, 1.165) is 26.1 Å². The summed E-state index contributed by atoms with van der Waals surface area (Å²) in [4.78, 5) is 13.1. The van der Waals surface area contributed by atoms with E-state index in [1.54, 1.807) is 6.07 Å². The molecule has 2 heterocycles. The summed E-state index contributed by atoms with van der Waals surface area (Å²) in [5, 5.41) is 14.4. The van der Waals surface area contributed by atoms with Gasteiger partial charge in [-0.25, -0.2) is 0 Å². The van der Waals surface area contributed by atoms with Crippen molar-refractivity contribution in [2.45, 2.75) is 12.8 Å². The second-order valence-electron chi connectivity index (χ2n) is 5.63. The Kier molecular flexibility index (Phi) is 3.83. The van der Waals surface area contributed by atoms with Gasteiger partial charge in [-0.2, -0.15) is 0 Å². The van der Waals surface area contributed by atoms with Gasteiger partial charge in [0.1, 0.15) is 5.69 Å². The van der Waals surface area contributed by atoms with E-state index in [1.807, 2.05) is 0 Å². The van der Waals surface area contributed by atoms with Crippen molar-refractivity contribution in [1.29, 1.82) is 0 Å². The Hall–Kier alpha value is -2.02. The second-order valence-corrected chi connectivity index (χ2v) is 5.63. The van der Waals surface area contributed by atoms with Gasteiger partial charge in [0.05, 0.1) is 11.0 Å². The van der Waals surface area contributed by atoms with Gasteiger partial charge >= 0.3 is 0 Å². The smallest absolute Gasteiger partial charge is 0.296 e. The first-order chi connectivity index (χ1) is 10.1. The minimum atomic E-state index is -0.392. The van der Waals surface area contributed by atoms with Gasteiger partial charge in [-0.15, -0.1) is 0 Å². The zero-order valence-electron chi connectivity index (χ0n) is 12.0. The van der Waals surface area contributed by atoms with E-state index in [4.69, 9.17) is 9.47 Å². The van der Waals surface area contributed by atoms with Gasteiger partial charge in [-0.1, -0.05) is 0 Å². The van der Waals surface area contributed by atoms with Gasteiger partial charge in [0.25, 0.3) is 5.69 Å². The van der Waals surface area contributed by atoms with Crippen LogP contribution in [0.15, 0.2) is 12.1 Å². The molecule has 1 saturated heterocycles. The number of piperidine rings is 1. The number of anilines is 1. The van der Waals surface area contributed by atoms with Crippen molar-refractivity contribution in [3.05, 3.63) is 22.2 Å². The summed E-state index contributed by atoms with van der Waals surface area (Å²) < 4.78 is 10.5. The number of nitro groups is 1. The first-order valence-corrected chi connectivity index (χ1v) is 7.14. The standard InChI is InChI=1S/C14H19N3O4/c1-16-4-2-3-10(8-16)7-15-11-5-13-14(21-9-20-13)6-12(11)17(18)19/h5-6,10,15H,2-4,7-9H2,1H3. The lowest BCUT2D eigenvalue weighted by atomic mass is 9.98. The molecule has 21 heavy (non-hydrogen) atoms. The van der Waals surface area contributed by atoms with Gasteiger partial charge < -0.3 is 19.7 Å².